The second-order valence-electron chi connectivity index (χ2n) is 12.9. The third-order valence-electron chi connectivity index (χ3n) is 11.4. The molecule has 4 fully saturated rings. The third kappa shape index (κ3) is 2.74. The number of hydrogen-bond donors (Lipinski definition) is 1. The maximum Gasteiger partial charge on any atom is 0.183 e. The van der Waals surface area contributed by atoms with Gasteiger partial charge in [0.05, 0.1) is 6.10 Å². The maximum absolute atomic E-state index is 11.9. The SMILES string of the molecule is CO[C@H]1O[C@H](OC)[C@H]2C1=CC[C@H]1[C@]3(C)CC[C@H]4C(C)(C)CCC[C@]4(C)[C@H]3C[C@@H](O)[C@]21C. The molecule has 1 aliphatic heterocycles. The van der Waals surface area contributed by atoms with Gasteiger partial charge in [0.1, 0.15) is 0 Å². The van der Waals surface area contributed by atoms with Crippen LogP contribution < -0.4 is 0 Å². The lowest BCUT2D eigenvalue weighted by molar-refractivity contribution is -0.255. The van der Waals surface area contributed by atoms with Crippen LogP contribution in [0.1, 0.15) is 79.6 Å². The summed E-state index contributed by atoms with van der Waals surface area (Å²) in [7, 11) is 3.43. The summed E-state index contributed by atoms with van der Waals surface area (Å²) in [5.74, 6) is 1.82. The van der Waals surface area contributed by atoms with Gasteiger partial charge in [0.15, 0.2) is 12.6 Å². The van der Waals surface area contributed by atoms with Crippen LogP contribution in [0.5, 0.6) is 0 Å². The van der Waals surface area contributed by atoms with Crippen molar-refractivity contribution in [1.29, 1.82) is 0 Å². The summed E-state index contributed by atoms with van der Waals surface area (Å²) in [4.78, 5) is 0. The van der Waals surface area contributed by atoms with Crippen LogP contribution in [-0.4, -0.2) is 38.0 Å². The molecule has 0 radical (unpaired) electrons. The Kier molecular flexibility index (Phi) is 5.08. The Bertz CT molecular complexity index is 760. The van der Waals surface area contributed by atoms with E-state index in [1.54, 1.807) is 14.2 Å². The van der Waals surface area contributed by atoms with Gasteiger partial charge in [-0.1, -0.05) is 47.1 Å². The molecule has 0 unspecified atom stereocenters. The first-order chi connectivity index (χ1) is 14.5. The summed E-state index contributed by atoms with van der Waals surface area (Å²) in [5, 5.41) is 11.9. The zero-order valence-electron chi connectivity index (χ0n) is 20.7. The molecule has 1 saturated heterocycles. The summed E-state index contributed by atoms with van der Waals surface area (Å²) < 4.78 is 17.6. The van der Waals surface area contributed by atoms with Crippen LogP contribution in [0.3, 0.4) is 0 Å². The van der Waals surface area contributed by atoms with E-state index < -0.39 is 0 Å². The molecule has 5 rings (SSSR count). The van der Waals surface area contributed by atoms with Crippen molar-refractivity contribution in [3.05, 3.63) is 11.6 Å². The quantitative estimate of drug-likeness (QED) is 0.582. The molecule has 0 spiro atoms. The summed E-state index contributed by atoms with van der Waals surface area (Å²) in [6, 6.07) is 0. The molecule has 0 amide bonds. The predicted octanol–water partition coefficient (Wildman–Crippen LogP) is 5.54. The Morgan fingerprint density at radius 1 is 0.935 bits per heavy atom. The van der Waals surface area contributed by atoms with E-state index in [2.05, 4.69) is 40.7 Å². The number of rotatable bonds is 2. The van der Waals surface area contributed by atoms with Crippen LogP contribution in [-0.2, 0) is 14.2 Å². The highest BCUT2D eigenvalue weighted by Gasteiger charge is 2.70. The predicted molar refractivity (Wildman–Crippen MR) is 121 cm³/mol. The number of aliphatic hydroxyl groups is 1. The Balaban J connectivity index is 1.58. The molecule has 0 aromatic rings. The van der Waals surface area contributed by atoms with E-state index in [1.807, 2.05) is 0 Å². The van der Waals surface area contributed by atoms with E-state index in [0.717, 1.165) is 18.8 Å². The van der Waals surface area contributed by atoms with Crippen molar-refractivity contribution in [1.82, 2.24) is 0 Å². The molecule has 0 aromatic carbocycles. The zero-order valence-corrected chi connectivity index (χ0v) is 20.7. The summed E-state index contributed by atoms with van der Waals surface area (Å²) in [6.07, 6.45) is 9.84. The first-order valence-corrected chi connectivity index (χ1v) is 12.6. The Morgan fingerprint density at radius 3 is 2.32 bits per heavy atom. The standard InChI is InChI=1S/C27H44O4/c1-24(2)12-8-13-25(3)17(24)11-14-26(4)18-10-9-16-21(23(30-7)31-22(16)29-6)27(18,5)20(28)15-19(25)26/h9,17-23,28H,8,10-15H2,1-7H3/t17-,18-,19+,20+,21+,22-,23-,25-,26-,27+/m0/s1. The minimum absolute atomic E-state index is 0.0577. The van der Waals surface area contributed by atoms with Crippen LogP contribution in [0, 0.1) is 45.3 Å². The van der Waals surface area contributed by atoms with E-state index >= 15 is 0 Å². The van der Waals surface area contributed by atoms with Crippen molar-refractivity contribution in [3.63, 3.8) is 0 Å². The molecule has 10 atom stereocenters. The second kappa shape index (κ2) is 7.04. The number of ether oxygens (including phenoxy) is 3. The summed E-state index contributed by atoms with van der Waals surface area (Å²) in [6.45, 7) is 12.5. The van der Waals surface area contributed by atoms with E-state index in [-0.39, 0.29) is 35.4 Å². The average molecular weight is 433 g/mol. The average Bonchev–Trinajstić information content (AvgIpc) is 3.08. The van der Waals surface area contributed by atoms with Crippen molar-refractivity contribution in [2.24, 2.45) is 45.3 Å². The van der Waals surface area contributed by atoms with Gasteiger partial charge in [-0.05, 0) is 78.1 Å². The van der Waals surface area contributed by atoms with Crippen molar-refractivity contribution < 1.29 is 19.3 Å². The van der Waals surface area contributed by atoms with Crippen molar-refractivity contribution >= 4 is 0 Å². The smallest absolute Gasteiger partial charge is 0.183 e. The molecule has 1 heterocycles. The number of allylic oxidation sites excluding steroid dienone is 1. The number of aliphatic hydroxyl groups excluding tert-OH is 1. The van der Waals surface area contributed by atoms with Crippen molar-refractivity contribution in [2.75, 3.05) is 14.2 Å². The van der Waals surface area contributed by atoms with Crippen LogP contribution in [0.2, 0.25) is 0 Å². The lowest BCUT2D eigenvalue weighted by atomic mass is 9.34. The maximum atomic E-state index is 11.9. The van der Waals surface area contributed by atoms with Gasteiger partial charge in [0.2, 0.25) is 0 Å². The van der Waals surface area contributed by atoms with Crippen LogP contribution in [0.25, 0.3) is 0 Å². The fourth-order valence-corrected chi connectivity index (χ4v) is 10.1. The number of methoxy groups -OCH3 is 2. The molecule has 5 aliphatic rings. The minimum Gasteiger partial charge on any atom is -0.393 e. The second-order valence-corrected chi connectivity index (χ2v) is 12.9. The fourth-order valence-electron chi connectivity index (χ4n) is 10.1. The van der Waals surface area contributed by atoms with Gasteiger partial charge < -0.3 is 19.3 Å². The third-order valence-corrected chi connectivity index (χ3v) is 11.4. The highest BCUT2D eigenvalue weighted by Crippen LogP contribution is 2.73. The lowest BCUT2D eigenvalue weighted by Gasteiger charge is -2.70. The normalized spacial score (nSPS) is 55.5. The molecule has 31 heavy (non-hydrogen) atoms. The molecule has 0 bridgehead atoms. The first-order valence-electron chi connectivity index (χ1n) is 12.6. The topological polar surface area (TPSA) is 47.9 Å². The van der Waals surface area contributed by atoms with Gasteiger partial charge >= 0.3 is 0 Å². The molecule has 3 saturated carbocycles. The Hall–Kier alpha value is -0.420. The van der Waals surface area contributed by atoms with Crippen LogP contribution in [0.15, 0.2) is 11.6 Å². The van der Waals surface area contributed by atoms with Crippen LogP contribution in [0.4, 0.5) is 0 Å². The molecule has 0 aromatic heterocycles. The highest BCUT2D eigenvalue weighted by atomic mass is 16.8. The van der Waals surface area contributed by atoms with Crippen molar-refractivity contribution in [3.8, 4) is 0 Å². The number of hydrogen-bond acceptors (Lipinski definition) is 4. The van der Waals surface area contributed by atoms with Gasteiger partial charge in [-0.15, -0.1) is 0 Å². The first kappa shape index (κ1) is 22.4. The Morgan fingerprint density at radius 2 is 1.65 bits per heavy atom. The van der Waals surface area contributed by atoms with E-state index in [4.69, 9.17) is 14.2 Å². The largest absolute Gasteiger partial charge is 0.393 e. The molecule has 4 nitrogen and oxygen atoms in total. The zero-order chi connectivity index (χ0) is 22.4. The summed E-state index contributed by atoms with van der Waals surface area (Å²) in [5.41, 5.74) is 1.90. The molecule has 4 heteroatoms. The number of fused-ring (bicyclic) bond motifs is 7. The molecular weight excluding hydrogens is 388 g/mol. The highest BCUT2D eigenvalue weighted by molar-refractivity contribution is 5.29. The summed E-state index contributed by atoms with van der Waals surface area (Å²) >= 11 is 0. The van der Waals surface area contributed by atoms with Crippen LogP contribution >= 0.6 is 0 Å². The molecule has 176 valence electrons. The minimum atomic E-state index is -0.349. The van der Waals surface area contributed by atoms with Gasteiger partial charge in [-0.3, -0.25) is 0 Å². The van der Waals surface area contributed by atoms with Gasteiger partial charge in [-0.2, -0.15) is 0 Å². The van der Waals surface area contributed by atoms with E-state index in [0.29, 0.717) is 22.7 Å². The van der Waals surface area contributed by atoms with E-state index in [9.17, 15) is 5.11 Å². The van der Waals surface area contributed by atoms with Gasteiger partial charge in [0.25, 0.3) is 0 Å². The van der Waals surface area contributed by atoms with Crippen molar-refractivity contribution in [2.45, 2.75) is 98.2 Å². The molecule has 4 aliphatic carbocycles. The Labute approximate surface area is 189 Å². The van der Waals surface area contributed by atoms with Gasteiger partial charge in [-0.25, -0.2) is 0 Å². The molecular formula is C27H44O4. The van der Waals surface area contributed by atoms with Gasteiger partial charge in [0, 0.05) is 25.6 Å². The van der Waals surface area contributed by atoms with E-state index in [1.165, 1.54) is 37.7 Å². The lowest BCUT2D eigenvalue weighted by Crippen LogP contribution is -2.66. The molecule has 1 N–H and O–H groups in total. The fraction of sp³-hybridized carbons (Fsp3) is 0.926. The monoisotopic (exact) mass is 432 g/mol.